The number of rotatable bonds is 7. The van der Waals surface area contributed by atoms with Crippen LogP contribution in [0.1, 0.15) is 56.4 Å². The third-order valence-electron chi connectivity index (χ3n) is 7.55. The van der Waals surface area contributed by atoms with Crippen LogP contribution in [0, 0.1) is 5.92 Å². The zero-order valence-corrected chi connectivity index (χ0v) is 20.9. The molecule has 0 spiro atoms. The smallest absolute Gasteiger partial charge is 0.150 e. The van der Waals surface area contributed by atoms with E-state index in [2.05, 4.69) is 62.1 Å². The molecule has 0 aromatic heterocycles. The Kier molecular flexibility index (Phi) is 6.83. The summed E-state index contributed by atoms with van der Waals surface area (Å²) in [7, 11) is 0. The van der Waals surface area contributed by atoms with Crippen molar-refractivity contribution in [2.75, 3.05) is 19.7 Å². The Morgan fingerprint density at radius 3 is 2.54 bits per heavy atom. The second-order valence-corrected chi connectivity index (χ2v) is 9.87. The van der Waals surface area contributed by atoms with Crippen molar-refractivity contribution in [1.29, 1.82) is 0 Å². The molecule has 35 heavy (non-hydrogen) atoms. The molecule has 2 aliphatic rings. The van der Waals surface area contributed by atoms with Crippen LogP contribution in [0.2, 0.25) is 0 Å². The maximum Gasteiger partial charge on any atom is 0.150 e. The van der Waals surface area contributed by atoms with Gasteiger partial charge in [-0.05, 0) is 79.8 Å². The van der Waals surface area contributed by atoms with E-state index in [0.29, 0.717) is 12.6 Å². The normalized spacial score (nSPS) is 20.9. The fourth-order valence-electron chi connectivity index (χ4n) is 5.32. The number of hydrogen-bond acceptors (Lipinski definition) is 4. The molecule has 0 saturated carbocycles. The monoisotopic (exact) mass is 469 g/mol. The number of phenols is 1. The van der Waals surface area contributed by atoms with Crippen LogP contribution in [-0.2, 0) is 0 Å². The molecule has 182 valence electrons. The van der Waals surface area contributed by atoms with Crippen LogP contribution in [0.15, 0.2) is 72.8 Å². The van der Waals surface area contributed by atoms with Gasteiger partial charge in [-0.25, -0.2) is 0 Å². The van der Waals surface area contributed by atoms with Crippen molar-refractivity contribution in [2.24, 2.45) is 5.92 Å². The molecule has 1 saturated heterocycles. The summed E-state index contributed by atoms with van der Waals surface area (Å²) in [4.78, 5) is 2.55. The molecule has 0 aliphatic carbocycles. The molecule has 3 aromatic rings. The van der Waals surface area contributed by atoms with E-state index >= 15 is 0 Å². The molecule has 3 atom stereocenters. The van der Waals surface area contributed by atoms with Gasteiger partial charge in [-0.15, -0.1) is 0 Å². The van der Waals surface area contributed by atoms with E-state index in [0.717, 1.165) is 45.3 Å². The van der Waals surface area contributed by atoms with Gasteiger partial charge in [0.05, 0.1) is 0 Å². The van der Waals surface area contributed by atoms with Gasteiger partial charge in [-0.1, -0.05) is 55.8 Å². The van der Waals surface area contributed by atoms with Crippen molar-refractivity contribution >= 4 is 11.1 Å². The number of hydrogen-bond donors (Lipinski definition) is 1. The van der Waals surface area contributed by atoms with Crippen LogP contribution in [0.4, 0.5) is 0 Å². The standard InChI is InChI=1S/C31H35NO3/c1-4-23-16-17-32(19-23)21(2)20-34-27-13-10-25(11-14-27)31-30(24-8-6-5-7-9-24)22(3)28-18-26(33)12-15-29(28)35-31/h5-15,18,21,23,31,33H,4,16-17,19-20H2,1-3H3/t21-,23+,31?/m0/s1. The van der Waals surface area contributed by atoms with Gasteiger partial charge in [-0.3, -0.25) is 4.90 Å². The summed E-state index contributed by atoms with van der Waals surface area (Å²) in [5.74, 6) is 2.74. The molecular formula is C31H35NO3. The van der Waals surface area contributed by atoms with E-state index in [9.17, 15) is 5.11 Å². The fraction of sp³-hybridized carbons (Fsp3) is 0.355. The molecule has 2 aliphatic heterocycles. The van der Waals surface area contributed by atoms with Crippen LogP contribution in [0.3, 0.4) is 0 Å². The minimum absolute atomic E-state index is 0.238. The number of phenolic OH excluding ortho intramolecular Hbond substituents is 1. The van der Waals surface area contributed by atoms with Gasteiger partial charge in [0.2, 0.25) is 0 Å². The lowest BCUT2D eigenvalue weighted by atomic mass is 9.86. The first-order valence-electron chi connectivity index (χ1n) is 12.8. The maximum absolute atomic E-state index is 10.1. The molecule has 1 fully saturated rings. The second kappa shape index (κ2) is 10.2. The molecule has 4 heteroatoms. The maximum atomic E-state index is 10.1. The number of likely N-dealkylation sites (tertiary alicyclic amines) is 1. The van der Waals surface area contributed by atoms with Crippen LogP contribution < -0.4 is 9.47 Å². The van der Waals surface area contributed by atoms with Crippen molar-refractivity contribution in [3.63, 3.8) is 0 Å². The number of nitrogens with zero attached hydrogens (tertiary/aromatic N) is 1. The van der Waals surface area contributed by atoms with Crippen LogP contribution in [0.5, 0.6) is 17.2 Å². The average Bonchev–Trinajstić information content (AvgIpc) is 3.38. The summed E-state index contributed by atoms with van der Waals surface area (Å²) in [6, 6.07) is 24.4. The lowest BCUT2D eigenvalue weighted by molar-refractivity contribution is 0.168. The highest BCUT2D eigenvalue weighted by molar-refractivity contribution is 5.95. The molecule has 0 bridgehead atoms. The predicted molar refractivity (Wildman–Crippen MR) is 142 cm³/mol. The minimum atomic E-state index is -0.238. The first-order chi connectivity index (χ1) is 17.0. The van der Waals surface area contributed by atoms with Crippen LogP contribution in [0.25, 0.3) is 11.1 Å². The summed E-state index contributed by atoms with van der Waals surface area (Å²) in [5, 5.41) is 10.1. The second-order valence-electron chi connectivity index (χ2n) is 9.87. The molecule has 1 N–H and O–H groups in total. The quantitative estimate of drug-likeness (QED) is 0.406. The van der Waals surface area contributed by atoms with E-state index in [1.807, 2.05) is 24.3 Å². The number of benzene rings is 3. The zero-order chi connectivity index (χ0) is 24.4. The molecule has 3 aromatic carbocycles. The Balaban J connectivity index is 1.36. The third-order valence-corrected chi connectivity index (χ3v) is 7.55. The number of aromatic hydroxyl groups is 1. The van der Waals surface area contributed by atoms with Crippen LogP contribution in [-0.4, -0.2) is 35.7 Å². The van der Waals surface area contributed by atoms with Crippen molar-refractivity contribution < 1.29 is 14.6 Å². The molecule has 1 unspecified atom stereocenters. The van der Waals surface area contributed by atoms with Crippen molar-refractivity contribution in [1.82, 2.24) is 4.90 Å². The van der Waals surface area contributed by atoms with Gasteiger partial charge >= 0.3 is 0 Å². The molecule has 0 radical (unpaired) electrons. The Hall–Kier alpha value is -3.24. The summed E-state index contributed by atoms with van der Waals surface area (Å²) in [5.41, 5.74) is 5.36. The summed E-state index contributed by atoms with van der Waals surface area (Å²) < 4.78 is 12.7. The van der Waals surface area contributed by atoms with E-state index < -0.39 is 0 Å². The average molecular weight is 470 g/mol. The van der Waals surface area contributed by atoms with Crippen molar-refractivity contribution in [2.45, 2.75) is 45.8 Å². The lowest BCUT2D eigenvalue weighted by Gasteiger charge is -2.31. The molecule has 5 rings (SSSR count). The van der Waals surface area contributed by atoms with Crippen molar-refractivity contribution in [3.05, 3.63) is 89.5 Å². The highest BCUT2D eigenvalue weighted by Crippen LogP contribution is 2.47. The predicted octanol–water partition coefficient (Wildman–Crippen LogP) is 6.96. The van der Waals surface area contributed by atoms with Gasteiger partial charge in [-0.2, -0.15) is 0 Å². The Morgan fingerprint density at radius 2 is 1.83 bits per heavy atom. The van der Waals surface area contributed by atoms with Gasteiger partial charge < -0.3 is 14.6 Å². The third kappa shape index (κ3) is 4.94. The summed E-state index contributed by atoms with van der Waals surface area (Å²) in [6.45, 7) is 9.71. The summed E-state index contributed by atoms with van der Waals surface area (Å²) >= 11 is 0. The Bertz CT molecular complexity index is 1190. The minimum Gasteiger partial charge on any atom is -0.508 e. The zero-order valence-electron chi connectivity index (χ0n) is 20.9. The van der Waals surface area contributed by atoms with Crippen LogP contribution >= 0.6 is 0 Å². The van der Waals surface area contributed by atoms with Gasteiger partial charge in [0.25, 0.3) is 0 Å². The molecular weight excluding hydrogens is 434 g/mol. The number of fused-ring (bicyclic) bond motifs is 1. The van der Waals surface area contributed by atoms with Gasteiger partial charge in [0, 0.05) is 23.7 Å². The first-order valence-corrected chi connectivity index (χ1v) is 12.8. The van der Waals surface area contributed by atoms with Gasteiger partial charge in [0.15, 0.2) is 0 Å². The van der Waals surface area contributed by atoms with E-state index in [1.165, 1.54) is 25.9 Å². The largest absolute Gasteiger partial charge is 0.508 e. The summed E-state index contributed by atoms with van der Waals surface area (Å²) in [6.07, 6.45) is 2.33. The van der Waals surface area contributed by atoms with E-state index in [4.69, 9.17) is 9.47 Å². The molecule has 4 nitrogen and oxygen atoms in total. The molecule has 0 amide bonds. The topological polar surface area (TPSA) is 41.9 Å². The first kappa shape index (κ1) is 23.5. The lowest BCUT2D eigenvalue weighted by Crippen LogP contribution is -2.35. The molecule has 2 heterocycles. The Labute approximate surface area is 208 Å². The Morgan fingerprint density at radius 1 is 1.06 bits per heavy atom. The van der Waals surface area contributed by atoms with Gasteiger partial charge in [0.1, 0.15) is 30.0 Å². The van der Waals surface area contributed by atoms with Crippen molar-refractivity contribution in [3.8, 4) is 17.2 Å². The highest BCUT2D eigenvalue weighted by Gasteiger charge is 2.29. The SMILES string of the molecule is CC[C@@H]1CCN([C@@H](C)COc2ccc(C3Oc4ccc(O)cc4C(C)=C3c3ccccc3)cc2)C1. The van der Waals surface area contributed by atoms with E-state index in [-0.39, 0.29) is 11.9 Å². The highest BCUT2D eigenvalue weighted by atomic mass is 16.5. The number of allylic oxidation sites excluding steroid dienone is 1. The fourth-order valence-corrected chi connectivity index (χ4v) is 5.32. The number of ether oxygens (including phenoxy) is 2. The van der Waals surface area contributed by atoms with E-state index in [1.54, 1.807) is 12.1 Å².